The van der Waals surface area contributed by atoms with Crippen LogP contribution in [0, 0.1) is 5.92 Å². The second-order valence-corrected chi connectivity index (χ2v) is 6.17. The summed E-state index contributed by atoms with van der Waals surface area (Å²) in [5.74, 6) is 0.718. The predicted octanol–water partition coefficient (Wildman–Crippen LogP) is 0.993. The van der Waals surface area contributed by atoms with Gasteiger partial charge in [0, 0.05) is 31.4 Å². The van der Waals surface area contributed by atoms with E-state index < -0.39 is 5.97 Å². The molecule has 0 bridgehead atoms. The van der Waals surface area contributed by atoms with Crippen LogP contribution in [0.5, 0.6) is 0 Å². The molecule has 8 heteroatoms. The van der Waals surface area contributed by atoms with Crippen molar-refractivity contribution >= 4 is 17.7 Å². The van der Waals surface area contributed by atoms with Crippen molar-refractivity contribution in [2.45, 2.75) is 19.3 Å². The average Bonchev–Trinajstić information content (AvgIpc) is 2.63. The van der Waals surface area contributed by atoms with Gasteiger partial charge in [0.1, 0.15) is 5.82 Å². The number of methoxy groups -OCH3 is 1. The van der Waals surface area contributed by atoms with Crippen LogP contribution in [-0.2, 0) is 11.2 Å². The number of ether oxygens (including phenoxy) is 1. The maximum absolute atomic E-state index is 11.7. The summed E-state index contributed by atoms with van der Waals surface area (Å²) in [6.45, 7) is 1.58. The minimum absolute atomic E-state index is 0.0844. The minimum Gasteiger partial charge on any atom is -0.464 e. The molecule has 8 nitrogen and oxygen atoms in total. The van der Waals surface area contributed by atoms with Crippen LogP contribution in [0.15, 0.2) is 29.2 Å². The van der Waals surface area contributed by atoms with Crippen molar-refractivity contribution in [1.82, 2.24) is 15.0 Å². The number of pyridine rings is 1. The van der Waals surface area contributed by atoms with E-state index in [4.69, 9.17) is 10.5 Å². The predicted molar refractivity (Wildman–Crippen MR) is 93.5 cm³/mol. The number of hydrogen-bond donors (Lipinski definition) is 2. The number of carbonyl (C=O) groups is 1. The quantitative estimate of drug-likeness (QED) is 0.796. The van der Waals surface area contributed by atoms with Gasteiger partial charge in [0.25, 0.3) is 0 Å². The number of nitrogens with two attached hydrogens (primary N) is 1. The maximum atomic E-state index is 11.7. The second-order valence-electron chi connectivity index (χ2n) is 6.17. The number of nitrogen functional groups attached to an aromatic ring is 1. The Morgan fingerprint density at radius 3 is 2.76 bits per heavy atom. The normalized spacial score (nSPS) is 15.2. The van der Waals surface area contributed by atoms with E-state index in [0.717, 1.165) is 37.9 Å². The fourth-order valence-electron chi connectivity index (χ4n) is 3.04. The molecule has 1 saturated heterocycles. The lowest BCUT2D eigenvalue weighted by Gasteiger charge is -2.32. The molecular weight excluding hydrogens is 322 g/mol. The summed E-state index contributed by atoms with van der Waals surface area (Å²) in [6, 6.07) is 4.84. The molecule has 1 aliphatic rings. The number of nitrogens with one attached hydrogen (secondary N) is 1. The van der Waals surface area contributed by atoms with Crippen LogP contribution in [0.3, 0.4) is 0 Å². The average molecular weight is 343 g/mol. The molecule has 132 valence electrons. The highest BCUT2D eigenvalue weighted by molar-refractivity contribution is 5.88. The topological polar surface area (TPSA) is 114 Å². The lowest BCUT2D eigenvalue weighted by Crippen LogP contribution is -2.36. The smallest absolute Gasteiger partial charge is 0.356 e. The Balaban J connectivity index is 1.64. The first-order valence-electron chi connectivity index (χ1n) is 8.20. The van der Waals surface area contributed by atoms with E-state index in [0.29, 0.717) is 11.9 Å². The van der Waals surface area contributed by atoms with Crippen LogP contribution in [0.25, 0.3) is 0 Å². The lowest BCUT2D eigenvalue weighted by molar-refractivity contribution is 0.0594. The molecule has 0 saturated carbocycles. The van der Waals surface area contributed by atoms with Gasteiger partial charge in [-0.2, -0.15) is 4.98 Å². The molecule has 3 heterocycles. The van der Waals surface area contributed by atoms with E-state index in [1.807, 2.05) is 11.0 Å². The van der Waals surface area contributed by atoms with Crippen molar-refractivity contribution in [3.63, 3.8) is 0 Å². The monoisotopic (exact) mass is 343 g/mol. The van der Waals surface area contributed by atoms with Gasteiger partial charge in [-0.05, 0) is 30.7 Å². The summed E-state index contributed by atoms with van der Waals surface area (Å²) >= 11 is 0. The number of nitrogens with zero attached hydrogens (tertiary/aromatic N) is 3. The number of hydrogen-bond acceptors (Lipinski definition) is 7. The van der Waals surface area contributed by atoms with Crippen molar-refractivity contribution in [2.24, 2.45) is 5.92 Å². The molecule has 0 aromatic carbocycles. The van der Waals surface area contributed by atoms with Crippen LogP contribution < -0.4 is 16.2 Å². The molecule has 0 aliphatic carbocycles. The van der Waals surface area contributed by atoms with Crippen molar-refractivity contribution in [3.05, 3.63) is 46.0 Å². The van der Waals surface area contributed by atoms with Gasteiger partial charge < -0.3 is 20.4 Å². The largest absolute Gasteiger partial charge is 0.464 e. The van der Waals surface area contributed by atoms with Crippen molar-refractivity contribution < 1.29 is 9.53 Å². The molecule has 25 heavy (non-hydrogen) atoms. The molecule has 1 aliphatic heterocycles. The molecule has 0 radical (unpaired) electrons. The van der Waals surface area contributed by atoms with Gasteiger partial charge in [0.05, 0.1) is 7.11 Å². The van der Waals surface area contributed by atoms with Crippen LogP contribution >= 0.6 is 0 Å². The van der Waals surface area contributed by atoms with Gasteiger partial charge in [-0.25, -0.2) is 9.78 Å². The number of aromatic amines is 1. The third-order valence-electron chi connectivity index (χ3n) is 4.40. The van der Waals surface area contributed by atoms with Gasteiger partial charge in [-0.3, -0.25) is 4.79 Å². The molecule has 0 spiro atoms. The summed E-state index contributed by atoms with van der Waals surface area (Å²) in [6.07, 6.45) is 4.66. The van der Waals surface area contributed by atoms with Crippen molar-refractivity contribution in [1.29, 1.82) is 0 Å². The number of aromatic nitrogens is 3. The molecule has 2 aromatic rings. The highest BCUT2D eigenvalue weighted by Gasteiger charge is 2.23. The van der Waals surface area contributed by atoms with Gasteiger partial charge >= 0.3 is 5.97 Å². The first-order chi connectivity index (χ1) is 12.0. The van der Waals surface area contributed by atoms with Gasteiger partial charge in [-0.15, -0.1) is 0 Å². The number of piperidine rings is 1. The Morgan fingerprint density at radius 1 is 1.36 bits per heavy atom. The van der Waals surface area contributed by atoms with Crippen LogP contribution in [0.4, 0.5) is 11.8 Å². The van der Waals surface area contributed by atoms with Crippen molar-refractivity contribution in [2.75, 3.05) is 30.8 Å². The van der Waals surface area contributed by atoms with Crippen LogP contribution in [-0.4, -0.2) is 41.1 Å². The Morgan fingerprint density at radius 2 is 2.12 bits per heavy atom. The standard InChI is InChI=1S/C17H21N5O3/c1-25-16(24)13-9-14(18)21-17(20-13)22-6-4-11(5-7-22)8-12-2-3-15(23)19-10-12/h2-3,9-11H,4-8H2,1H3,(H,19,23)(H2,18,20,21). The third-order valence-corrected chi connectivity index (χ3v) is 4.40. The molecule has 3 N–H and O–H groups in total. The first-order valence-corrected chi connectivity index (χ1v) is 8.20. The summed E-state index contributed by atoms with van der Waals surface area (Å²) < 4.78 is 4.70. The molecule has 3 rings (SSSR count). The highest BCUT2D eigenvalue weighted by atomic mass is 16.5. The second kappa shape index (κ2) is 7.33. The third kappa shape index (κ3) is 4.14. The van der Waals surface area contributed by atoms with E-state index in [1.54, 1.807) is 12.3 Å². The fourth-order valence-corrected chi connectivity index (χ4v) is 3.04. The van der Waals surface area contributed by atoms with Crippen molar-refractivity contribution in [3.8, 4) is 0 Å². The lowest BCUT2D eigenvalue weighted by atomic mass is 9.91. The number of H-pyrrole nitrogens is 1. The molecule has 0 atom stereocenters. The van der Waals surface area contributed by atoms with E-state index >= 15 is 0 Å². The Bertz CT molecular complexity index is 792. The summed E-state index contributed by atoms with van der Waals surface area (Å²) in [5, 5.41) is 0. The van der Waals surface area contributed by atoms with E-state index in [-0.39, 0.29) is 17.1 Å². The maximum Gasteiger partial charge on any atom is 0.356 e. The summed E-state index contributed by atoms with van der Waals surface area (Å²) in [5.41, 5.74) is 7.00. The van der Waals surface area contributed by atoms with E-state index in [9.17, 15) is 9.59 Å². The van der Waals surface area contributed by atoms with E-state index in [1.165, 1.54) is 13.2 Å². The van der Waals surface area contributed by atoms with Crippen LogP contribution in [0.2, 0.25) is 0 Å². The Labute approximate surface area is 145 Å². The Kier molecular flexibility index (Phi) is 4.97. The molecule has 1 fully saturated rings. The zero-order valence-electron chi connectivity index (χ0n) is 14.1. The summed E-state index contributed by atoms with van der Waals surface area (Å²) in [7, 11) is 1.31. The molecule has 2 aromatic heterocycles. The zero-order chi connectivity index (χ0) is 17.8. The zero-order valence-corrected chi connectivity index (χ0v) is 14.1. The first kappa shape index (κ1) is 16.9. The fraction of sp³-hybridized carbons (Fsp3) is 0.412. The van der Waals surface area contributed by atoms with E-state index in [2.05, 4.69) is 15.0 Å². The number of carbonyl (C=O) groups excluding carboxylic acids is 1. The molecule has 0 amide bonds. The Hall–Kier alpha value is -2.90. The number of anilines is 2. The van der Waals surface area contributed by atoms with Gasteiger partial charge in [0.2, 0.25) is 11.5 Å². The summed E-state index contributed by atoms with van der Waals surface area (Å²) in [4.78, 5) is 36.0. The van der Waals surface area contributed by atoms with Crippen LogP contribution in [0.1, 0.15) is 28.9 Å². The minimum atomic E-state index is -0.525. The highest BCUT2D eigenvalue weighted by Crippen LogP contribution is 2.24. The van der Waals surface area contributed by atoms with Gasteiger partial charge in [-0.1, -0.05) is 6.07 Å². The number of rotatable bonds is 4. The molecule has 0 unspecified atom stereocenters. The molecular formula is C17H21N5O3. The number of esters is 1. The van der Waals surface area contributed by atoms with Gasteiger partial charge in [0.15, 0.2) is 5.69 Å². The SMILES string of the molecule is COC(=O)c1cc(N)nc(N2CCC(Cc3ccc(=O)[nH]c3)CC2)n1.